The van der Waals surface area contributed by atoms with Gasteiger partial charge in [0, 0.05) is 18.0 Å². The molecular formula is C15H14F2N4O. The number of carbonyl (C=O) groups excluding carboxylic acids is 1. The summed E-state index contributed by atoms with van der Waals surface area (Å²) >= 11 is 0. The van der Waals surface area contributed by atoms with Crippen LogP contribution in [0.25, 0.3) is 0 Å². The van der Waals surface area contributed by atoms with E-state index in [9.17, 15) is 13.6 Å². The summed E-state index contributed by atoms with van der Waals surface area (Å²) in [7, 11) is 0. The molecule has 1 aromatic heterocycles. The highest BCUT2D eigenvalue weighted by Gasteiger charge is 2.35. The second kappa shape index (κ2) is 5.67. The van der Waals surface area contributed by atoms with Crippen LogP contribution in [0, 0.1) is 17.6 Å². The monoisotopic (exact) mass is 304 g/mol. The van der Waals surface area contributed by atoms with Gasteiger partial charge >= 0.3 is 0 Å². The molecule has 114 valence electrons. The molecule has 0 aliphatic heterocycles. The van der Waals surface area contributed by atoms with Crippen LogP contribution >= 0.6 is 0 Å². The van der Waals surface area contributed by atoms with Crippen molar-refractivity contribution in [3.63, 3.8) is 0 Å². The first-order valence-electron chi connectivity index (χ1n) is 6.88. The smallest absolute Gasteiger partial charge is 0.274 e. The van der Waals surface area contributed by atoms with Crippen LogP contribution in [-0.2, 0) is 0 Å². The molecule has 1 atom stereocenters. The zero-order chi connectivity index (χ0) is 15.7. The average Bonchev–Trinajstić information content (AvgIpc) is 3.32. The molecule has 3 rings (SSSR count). The second-order valence-electron chi connectivity index (χ2n) is 5.24. The molecule has 0 saturated heterocycles. The molecule has 0 radical (unpaired) electrons. The molecule has 1 saturated carbocycles. The molecule has 1 aliphatic rings. The molecule has 1 heterocycles. The Morgan fingerprint density at radius 3 is 2.68 bits per heavy atom. The summed E-state index contributed by atoms with van der Waals surface area (Å²) in [6.45, 7) is 0. The molecule has 1 fully saturated rings. The Bertz CT molecular complexity index is 718. The molecule has 0 unspecified atom stereocenters. The highest BCUT2D eigenvalue weighted by molar-refractivity contribution is 5.96. The van der Waals surface area contributed by atoms with Gasteiger partial charge in [-0.3, -0.25) is 4.79 Å². The minimum atomic E-state index is -0.607. The highest BCUT2D eigenvalue weighted by atomic mass is 19.1. The van der Waals surface area contributed by atoms with Crippen LogP contribution in [0.1, 0.15) is 34.9 Å². The third kappa shape index (κ3) is 2.88. The Kier molecular flexibility index (Phi) is 3.70. The maximum Gasteiger partial charge on any atom is 0.274 e. The van der Waals surface area contributed by atoms with Gasteiger partial charge in [0.15, 0.2) is 11.5 Å². The lowest BCUT2D eigenvalue weighted by molar-refractivity contribution is 0.0926. The Labute approximate surface area is 125 Å². The van der Waals surface area contributed by atoms with Gasteiger partial charge in [0.1, 0.15) is 11.6 Å². The predicted molar refractivity (Wildman–Crippen MR) is 75.7 cm³/mol. The lowest BCUT2D eigenvalue weighted by atomic mass is 10.0. The van der Waals surface area contributed by atoms with E-state index in [0.717, 1.165) is 31.0 Å². The van der Waals surface area contributed by atoms with Crippen molar-refractivity contribution in [1.82, 2.24) is 15.3 Å². The molecule has 1 aliphatic carbocycles. The fourth-order valence-corrected chi connectivity index (χ4v) is 2.37. The third-order valence-corrected chi connectivity index (χ3v) is 3.61. The Morgan fingerprint density at radius 1 is 1.27 bits per heavy atom. The van der Waals surface area contributed by atoms with Crippen molar-refractivity contribution >= 4 is 11.7 Å². The van der Waals surface area contributed by atoms with Crippen molar-refractivity contribution < 1.29 is 13.6 Å². The molecule has 3 N–H and O–H groups in total. The minimum absolute atomic E-state index is 0.00531. The van der Waals surface area contributed by atoms with Gasteiger partial charge in [0.25, 0.3) is 5.91 Å². The minimum Gasteiger partial charge on any atom is -0.382 e. The van der Waals surface area contributed by atoms with Crippen molar-refractivity contribution in [2.24, 2.45) is 5.92 Å². The van der Waals surface area contributed by atoms with E-state index in [1.807, 2.05) is 0 Å². The number of nitrogen functional groups attached to an aromatic ring is 1. The Hall–Kier alpha value is -2.57. The van der Waals surface area contributed by atoms with Crippen molar-refractivity contribution in [3.8, 4) is 0 Å². The van der Waals surface area contributed by atoms with Crippen LogP contribution in [0.4, 0.5) is 14.6 Å². The predicted octanol–water partition coefficient (Wildman–Crippen LogP) is 2.22. The van der Waals surface area contributed by atoms with Gasteiger partial charge in [-0.2, -0.15) is 0 Å². The zero-order valence-electron chi connectivity index (χ0n) is 11.6. The Morgan fingerprint density at radius 2 is 2.00 bits per heavy atom. The van der Waals surface area contributed by atoms with E-state index < -0.39 is 23.6 Å². The van der Waals surface area contributed by atoms with Crippen LogP contribution in [0.2, 0.25) is 0 Å². The summed E-state index contributed by atoms with van der Waals surface area (Å²) in [5.41, 5.74) is 5.73. The van der Waals surface area contributed by atoms with Gasteiger partial charge < -0.3 is 11.1 Å². The van der Waals surface area contributed by atoms with E-state index in [1.54, 1.807) is 0 Å². The average molecular weight is 304 g/mol. The van der Waals surface area contributed by atoms with Gasteiger partial charge in [-0.1, -0.05) is 0 Å². The summed E-state index contributed by atoms with van der Waals surface area (Å²) in [4.78, 5) is 19.9. The zero-order valence-corrected chi connectivity index (χ0v) is 11.6. The number of amides is 1. The Balaban J connectivity index is 1.88. The number of nitrogens with zero attached hydrogens (tertiary/aromatic N) is 2. The van der Waals surface area contributed by atoms with E-state index in [1.165, 1.54) is 12.4 Å². The maximum atomic E-state index is 14.0. The number of nitrogens with one attached hydrogen (secondary N) is 1. The van der Waals surface area contributed by atoms with Crippen molar-refractivity contribution in [2.45, 2.75) is 18.9 Å². The number of hydrogen-bond acceptors (Lipinski definition) is 4. The van der Waals surface area contributed by atoms with Gasteiger partial charge in [-0.15, -0.1) is 0 Å². The quantitative estimate of drug-likeness (QED) is 0.907. The fraction of sp³-hybridized carbons (Fsp3) is 0.267. The highest BCUT2D eigenvalue weighted by Crippen LogP contribution is 2.42. The largest absolute Gasteiger partial charge is 0.382 e. The molecule has 0 bridgehead atoms. The first kappa shape index (κ1) is 14.4. The maximum absolute atomic E-state index is 14.0. The first-order chi connectivity index (χ1) is 10.6. The van der Waals surface area contributed by atoms with Gasteiger partial charge in [-0.25, -0.2) is 18.7 Å². The number of rotatable bonds is 4. The SMILES string of the molecule is Nc1nccnc1C(=O)N[C@@H](c1cc(F)ccc1F)C1CC1. The van der Waals surface area contributed by atoms with E-state index in [-0.39, 0.29) is 23.0 Å². The van der Waals surface area contributed by atoms with Crippen molar-refractivity contribution in [2.75, 3.05) is 5.73 Å². The van der Waals surface area contributed by atoms with Gasteiger partial charge in [-0.05, 0) is 37.0 Å². The summed E-state index contributed by atoms with van der Waals surface area (Å²) in [6, 6.07) is 2.61. The lowest BCUT2D eigenvalue weighted by Crippen LogP contribution is -2.32. The number of aromatic nitrogens is 2. The lowest BCUT2D eigenvalue weighted by Gasteiger charge is -2.19. The number of carbonyl (C=O) groups is 1. The summed E-state index contributed by atoms with van der Waals surface area (Å²) < 4.78 is 27.4. The molecule has 1 amide bonds. The van der Waals surface area contributed by atoms with Crippen molar-refractivity contribution in [3.05, 3.63) is 53.5 Å². The van der Waals surface area contributed by atoms with Crippen LogP contribution in [0.5, 0.6) is 0 Å². The molecule has 7 heteroatoms. The van der Waals surface area contributed by atoms with Crippen LogP contribution in [-0.4, -0.2) is 15.9 Å². The van der Waals surface area contributed by atoms with Crippen molar-refractivity contribution in [1.29, 1.82) is 0 Å². The molecule has 2 aromatic rings. The van der Waals surface area contributed by atoms with E-state index >= 15 is 0 Å². The summed E-state index contributed by atoms with van der Waals surface area (Å²) in [6.07, 6.45) is 4.41. The molecule has 5 nitrogen and oxygen atoms in total. The number of anilines is 1. The third-order valence-electron chi connectivity index (χ3n) is 3.61. The van der Waals surface area contributed by atoms with Crippen LogP contribution < -0.4 is 11.1 Å². The molecule has 22 heavy (non-hydrogen) atoms. The normalized spacial score (nSPS) is 15.4. The topological polar surface area (TPSA) is 80.9 Å². The number of hydrogen-bond donors (Lipinski definition) is 2. The molecular weight excluding hydrogens is 290 g/mol. The van der Waals surface area contributed by atoms with Gasteiger partial charge in [0.2, 0.25) is 0 Å². The van der Waals surface area contributed by atoms with E-state index in [2.05, 4.69) is 15.3 Å². The molecule has 0 spiro atoms. The van der Waals surface area contributed by atoms with E-state index in [0.29, 0.717) is 0 Å². The van der Waals surface area contributed by atoms with Crippen LogP contribution in [0.15, 0.2) is 30.6 Å². The number of halogens is 2. The second-order valence-corrected chi connectivity index (χ2v) is 5.24. The van der Waals surface area contributed by atoms with E-state index in [4.69, 9.17) is 5.73 Å². The van der Waals surface area contributed by atoms with Crippen LogP contribution in [0.3, 0.4) is 0 Å². The standard InChI is InChI=1S/C15H14F2N4O/c16-9-3-4-11(17)10(7-9)12(8-1-2-8)21-15(22)13-14(18)20-6-5-19-13/h3-8,12H,1-2H2,(H2,18,20)(H,21,22)/t12-/m1/s1. The number of benzene rings is 1. The first-order valence-corrected chi connectivity index (χ1v) is 6.88. The fourth-order valence-electron chi connectivity index (χ4n) is 2.37. The molecule has 1 aromatic carbocycles. The summed E-state index contributed by atoms with van der Waals surface area (Å²) in [5.74, 6) is -1.57. The number of nitrogens with two attached hydrogens (primary N) is 1. The van der Waals surface area contributed by atoms with Gasteiger partial charge in [0.05, 0.1) is 6.04 Å². The summed E-state index contributed by atoms with van der Waals surface area (Å²) in [5, 5.41) is 2.69.